The van der Waals surface area contributed by atoms with Crippen molar-refractivity contribution in [3.05, 3.63) is 188 Å². The number of fused-ring (bicyclic) bond motifs is 5. The molecule has 6 aromatic carbocycles. The van der Waals surface area contributed by atoms with Gasteiger partial charge < -0.3 is 0 Å². The molecule has 0 bridgehead atoms. The number of aliphatic imine (C=N–C) groups is 2. The minimum Gasteiger partial charge on any atom is -0.262 e. The van der Waals surface area contributed by atoms with Gasteiger partial charge in [0.15, 0.2) is 0 Å². The molecule has 0 N–H and O–H groups in total. The summed E-state index contributed by atoms with van der Waals surface area (Å²) in [4.78, 5) is 12.4. The van der Waals surface area contributed by atoms with Crippen LogP contribution in [0.1, 0.15) is 80.4 Å². The van der Waals surface area contributed by atoms with Gasteiger partial charge in [-0.1, -0.05) is 97.1 Å². The topological polar surface area (TPSA) is 24.7 Å². The molecule has 0 amide bonds. The van der Waals surface area contributed by atoms with Crippen molar-refractivity contribution in [3.8, 4) is 11.1 Å². The smallest absolute Gasteiger partial charge is 0.0713 e. The van der Waals surface area contributed by atoms with E-state index in [4.69, 9.17) is 4.99 Å². The summed E-state index contributed by atoms with van der Waals surface area (Å²) in [6.45, 7) is 8.77. The van der Waals surface area contributed by atoms with Crippen LogP contribution in [0.25, 0.3) is 42.4 Å². The Bertz CT molecular complexity index is 2870. The minimum absolute atomic E-state index is 0.452. The maximum absolute atomic E-state index is 5.02. The Morgan fingerprint density at radius 3 is 1.64 bits per heavy atom. The lowest BCUT2D eigenvalue weighted by molar-refractivity contribution is 0.768. The lowest BCUT2D eigenvalue weighted by Gasteiger charge is -2.34. The molecule has 56 heavy (non-hydrogen) atoms. The monoisotopic (exact) mass is 758 g/mol. The molecule has 0 saturated heterocycles. The Kier molecular flexibility index (Phi) is 8.58. The largest absolute Gasteiger partial charge is 0.262 e. The molecule has 2 heterocycles. The van der Waals surface area contributed by atoms with E-state index >= 15 is 0 Å². The van der Waals surface area contributed by atoms with Crippen molar-refractivity contribution in [2.75, 3.05) is 0 Å². The quantitative estimate of drug-likeness (QED) is 0.145. The Hall–Kier alpha value is -5.68. The fourth-order valence-electron chi connectivity index (χ4n) is 9.60. The van der Waals surface area contributed by atoms with E-state index < -0.39 is 5.41 Å². The third kappa shape index (κ3) is 5.50. The lowest BCUT2D eigenvalue weighted by atomic mass is 9.67. The number of hydrogen-bond acceptors (Lipinski definition) is 4. The molecule has 0 unspecified atom stereocenters. The number of rotatable bonds is 7. The number of hydrogen-bond donors (Lipinski definition) is 0. The molecular weight excluding hydrogens is 717 g/mol. The molecule has 0 aliphatic heterocycles. The third-order valence-electron chi connectivity index (χ3n) is 11.9. The molecule has 2 aromatic heterocycles. The predicted molar refractivity (Wildman–Crippen MR) is 243 cm³/mol. The standard InChI is InChI=1S/C52H42N2S2/c1-5-53-38-23-19-36(20-24-38)52(46-15-8-6-11-40(46)41-12-7-9-16-47(41)52)37-21-25-39(26-22-37)54-31-35-18-28-45-49(30-35)56-34(4)51(45)43-14-10-13-42(43)50-33(3)55-48-29-32(2)17-27-44(48)50/h5-9,11-12,15-31H,10,13-14H2,1-4H3/b53-5?,54-31+. The van der Waals surface area contributed by atoms with E-state index in [-0.39, 0.29) is 0 Å². The van der Waals surface area contributed by atoms with Gasteiger partial charge >= 0.3 is 0 Å². The molecule has 272 valence electrons. The molecule has 0 saturated carbocycles. The molecular formula is C52H42N2S2. The molecule has 10 rings (SSSR count). The lowest BCUT2D eigenvalue weighted by Crippen LogP contribution is -2.28. The molecule has 8 aromatic rings. The van der Waals surface area contributed by atoms with E-state index in [2.05, 4.69) is 159 Å². The van der Waals surface area contributed by atoms with E-state index in [1.807, 2.05) is 42.0 Å². The second-order valence-corrected chi connectivity index (χ2v) is 17.7. The average molecular weight is 759 g/mol. The first-order chi connectivity index (χ1) is 27.4. The molecule has 0 spiro atoms. The summed E-state index contributed by atoms with van der Waals surface area (Å²) in [5, 5.41) is 2.79. The maximum Gasteiger partial charge on any atom is 0.0713 e. The number of aryl methyl sites for hydroxylation is 3. The molecule has 0 atom stereocenters. The average Bonchev–Trinajstić information content (AvgIpc) is 3.97. The van der Waals surface area contributed by atoms with Crippen LogP contribution in [-0.4, -0.2) is 12.4 Å². The highest BCUT2D eigenvalue weighted by atomic mass is 32.1. The van der Waals surface area contributed by atoms with Crippen LogP contribution in [0.15, 0.2) is 143 Å². The van der Waals surface area contributed by atoms with Crippen molar-refractivity contribution in [2.24, 2.45) is 9.98 Å². The van der Waals surface area contributed by atoms with Crippen LogP contribution >= 0.6 is 22.7 Å². The van der Waals surface area contributed by atoms with Gasteiger partial charge in [0.2, 0.25) is 0 Å². The van der Waals surface area contributed by atoms with Crippen LogP contribution < -0.4 is 0 Å². The van der Waals surface area contributed by atoms with Gasteiger partial charge in [0.1, 0.15) is 0 Å². The summed E-state index contributed by atoms with van der Waals surface area (Å²) < 4.78 is 2.73. The van der Waals surface area contributed by atoms with Crippen LogP contribution in [0.2, 0.25) is 0 Å². The van der Waals surface area contributed by atoms with E-state index in [1.165, 1.54) is 86.4 Å². The van der Waals surface area contributed by atoms with Crippen molar-refractivity contribution in [3.63, 3.8) is 0 Å². The highest BCUT2D eigenvalue weighted by Gasteiger charge is 2.45. The summed E-state index contributed by atoms with van der Waals surface area (Å²) >= 11 is 3.86. The number of benzene rings is 6. The Morgan fingerprint density at radius 1 is 0.554 bits per heavy atom. The first kappa shape index (κ1) is 34.8. The minimum atomic E-state index is -0.452. The normalized spacial score (nSPS) is 14.9. The highest BCUT2D eigenvalue weighted by Crippen LogP contribution is 2.56. The van der Waals surface area contributed by atoms with Gasteiger partial charge in [0, 0.05) is 42.4 Å². The van der Waals surface area contributed by atoms with Gasteiger partial charge in [-0.15, -0.1) is 22.7 Å². The van der Waals surface area contributed by atoms with Gasteiger partial charge in [-0.2, -0.15) is 0 Å². The van der Waals surface area contributed by atoms with Gasteiger partial charge in [0.25, 0.3) is 0 Å². The second kappa shape index (κ2) is 13.8. The maximum atomic E-state index is 5.02. The Labute approximate surface area is 337 Å². The summed E-state index contributed by atoms with van der Waals surface area (Å²) in [5.41, 5.74) is 17.6. The van der Waals surface area contributed by atoms with Crippen LogP contribution in [-0.2, 0) is 5.41 Å². The predicted octanol–water partition coefficient (Wildman–Crippen LogP) is 15.0. The molecule has 0 fully saturated rings. The van der Waals surface area contributed by atoms with Crippen LogP contribution in [0.4, 0.5) is 11.4 Å². The number of nitrogens with zero attached hydrogens (tertiary/aromatic N) is 2. The highest BCUT2D eigenvalue weighted by molar-refractivity contribution is 7.19. The Balaban J connectivity index is 0.997. The summed E-state index contributed by atoms with van der Waals surface area (Å²) in [7, 11) is 0. The Morgan fingerprint density at radius 2 is 1.07 bits per heavy atom. The molecule has 4 heteroatoms. The second-order valence-electron chi connectivity index (χ2n) is 15.2. The van der Waals surface area contributed by atoms with Gasteiger partial charge in [-0.25, -0.2) is 0 Å². The van der Waals surface area contributed by atoms with Crippen LogP contribution in [0.5, 0.6) is 0 Å². The van der Waals surface area contributed by atoms with E-state index in [0.717, 1.165) is 29.8 Å². The fraction of sp³-hybridized carbons (Fsp3) is 0.154. The van der Waals surface area contributed by atoms with Gasteiger partial charge in [-0.05, 0) is 150 Å². The van der Waals surface area contributed by atoms with Crippen LogP contribution in [0, 0.1) is 20.8 Å². The first-order valence-corrected chi connectivity index (χ1v) is 21.3. The molecule has 2 aliphatic carbocycles. The van der Waals surface area contributed by atoms with Crippen molar-refractivity contribution < 1.29 is 0 Å². The fourth-order valence-corrected chi connectivity index (χ4v) is 11.9. The van der Waals surface area contributed by atoms with Crippen molar-refractivity contribution in [2.45, 2.75) is 52.4 Å². The van der Waals surface area contributed by atoms with E-state index in [1.54, 1.807) is 11.1 Å². The van der Waals surface area contributed by atoms with E-state index in [0.29, 0.717) is 0 Å². The molecule has 2 nitrogen and oxygen atoms in total. The zero-order valence-electron chi connectivity index (χ0n) is 32.2. The first-order valence-electron chi connectivity index (χ1n) is 19.6. The van der Waals surface area contributed by atoms with Gasteiger partial charge in [-0.3, -0.25) is 9.98 Å². The van der Waals surface area contributed by atoms with Crippen molar-refractivity contribution in [1.29, 1.82) is 0 Å². The van der Waals surface area contributed by atoms with Crippen LogP contribution in [0.3, 0.4) is 0 Å². The SMILES string of the molecule is CC=Nc1ccc(C2(c3ccc(/N=C/c4ccc5c(C6=C(c7c(C)sc8cc(C)ccc78)CCC6)c(C)sc5c4)cc3)c3ccccc3-c3ccccc32)cc1. The van der Waals surface area contributed by atoms with Crippen molar-refractivity contribution in [1.82, 2.24) is 0 Å². The summed E-state index contributed by atoms with van der Waals surface area (Å²) in [6, 6.07) is 49.2. The third-order valence-corrected chi connectivity index (χ3v) is 14.1. The zero-order valence-corrected chi connectivity index (χ0v) is 33.8. The zero-order chi connectivity index (χ0) is 38.0. The van der Waals surface area contributed by atoms with Crippen molar-refractivity contribution >= 4 is 77.8 Å². The molecule has 0 radical (unpaired) electrons. The summed E-state index contributed by atoms with van der Waals surface area (Å²) in [6.07, 6.45) is 7.38. The molecule has 2 aliphatic rings. The number of thiophene rings is 2. The van der Waals surface area contributed by atoms with Gasteiger partial charge in [0.05, 0.1) is 16.8 Å². The summed E-state index contributed by atoms with van der Waals surface area (Å²) in [5.74, 6) is 0. The number of allylic oxidation sites excluding steroid dienone is 2. The van der Waals surface area contributed by atoms with E-state index in [9.17, 15) is 0 Å².